The van der Waals surface area contributed by atoms with Crippen molar-refractivity contribution in [3.8, 4) is 5.75 Å². The van der Waals surface area contributed by atoms with E-state index >= 15 is 0 Å². The maximum atomic E-state index is 12.4. The average molecular weight is 367 g/mol. The van der Waals surface area contributed by atoms with E-state index in [4.69, 9.17) is 39.5 Å². The quantitative estimate of drug-likeness (QED) is 0.869. The van der Waals surface area contributed by atoms with Crippen molar-refractivity contribution < 1.29 is 13.2 Å². The number of methoxy groups -OCH3 is 1. The van der Waals surface area contributed by atoms with E-state index in [0.717, 1.165) is 0 Å². The Labute approximate surface area is 137 Å². The maximum absolute atomic E-state index is 12.4. The number of nitrogens with one attached hydrogen (secondary N) is 1. The zero-order valence-corrected chi connectivity index (χ0v) is 13.8. The van der Waals surface area contributed by atoms with E-state index < -0.39 is 10.0 Å². The molecule has 0 spiro atoms. The van der Waals surface area contributed by atoms with Crippen LogP contribution in [0.15, 0.2) is 41.3 Å². The van der Waals surface area contributed by atoms with Gasteiger partial charge in [0.25, 0.3) is 10.0 Å². The Bertz CT molecular complexity index is 778. The van der Waals surface area contributed by atoms with Gasteiger partial charge in [-0.05, 0) is 30.3 Å². The summed E-state index contributed by atoms with van der Waals surface area (Å²) in [6.07, 6.45) is 0. The van der Waals surface area contributed by atoms with Crippen LogP contribution in [-0.2, 0) is 10.0 Å². The Morgan fingerprint density at radius 3 is 2.48 bits per heavy atom. The summed E-state index contributed by atoms with van der Waals surface area (Å²) in [5.74, 6) is 0.171. The van der Waals surface area contributed by atoms with Gasteiger partial charge in [0, 0.05) is 5.02 Å². The van der Waals surface area contributed by atoms with Gasteiger partial charge in [0.2, 0.25) is 0 Å². The van der Waals surface area contributed by atoms with E-state index in [2.05, 4.69) is 4.72 Å². The fourth-order valence-corrected chi connectivity index (χ4v) is 3.55. The molecule has 0 saturated heterocycles. The van der Waals surface area contributed by atoms with Crippen LogP contribution in [0.4, 0.5) is 5.69 Å². The molecule has 4 nitrogen and oxygen atoms in total. The Morgan fingerprint density at radius 1 is 1.10 bits per heavy atom. The molecule has 21 heavy (non-hydrogen) atoms. The molecule has 0 aliphatic rings. The SMILES string of the molecule is COc1ccc(Cl)cc1S(=O)(=O)Nc1cccc(Cl)c1Cl. The van der Waals surface area contributed by atoms with Gasteiger partial charge in [-0.15, -0.1) is 0 Å². The summed E-state index contributed by atoms with van der Waals surface area (Å²) >= 11 is 17.7. The molecule has 0 amide bonds. The van der Waals surface area contributed by atoms with Gasteiger partial charge in [0.05, 0.1) is 22.8 Å². The minimum absolute atomic E-state index is 0.0893. The minimum atomic E-state index is -3.92. The van der Waals surface area contributed by atoms with Crippen LogP contribution in [0.1, 0.15) is 0 Å². The molecule has 2 aromatic carbocycles. The van der Waals surface area contributed by atoms with E-state index in [1.807, 2.05) is 0 Å². The lowest BCUT2D eigenvalue weighted by Gasteiger charge is -2.13. The van der Waals surface area contributed by atoms with E-state index in [-0.39, 0.29) is 31.4 Å². The molecule has 112 valence electrons. The lowest BCUT2D eigenvalue weighted by molar-refractivity contribution is 0.403. The van der Waals surface area contributed by atoms with Gasteiger partial charge in [-0.25, -0.2) is 8.42 Å². The Hall–Kier alpha value is -1.14. The number of benzene rings is 2. The summed E-state index contributed by atoms with van der Waals surface area (Å²) < 4.78 is 32.3. The zero-order chi connectivity index (χ0) is 15.6. The molecule has 0 aromatic heterocycles. The smallest absolute Gasteiger partial charge is 0.265 e. The molecule has 0 aliphatic carbocycles. The van der Waals surface area contributed by atoms with Crippen LogP contribution in [0.3, 0.4) is 0 Å². The van der Waals surface area contributed by atoms with Gasteiger partial charge in [0.15, 0.2) is 0 Å². The highest BCUT2D eigenvalue weighted by Crippen LogP contribution is 2.33. The third-order valence-electron chi connectivity index (χ3n) is 2.61. The number of rotatable bonds is 4. The van der Waals surface area contributed by atoms with Gasteiger partial charge in [-0.3, -0.25) is 4.72 Å². The maximum Gasteiger partial charge on any atom is 0.265 e. The minimum Gasteiger partial charge on any atom is -0.495 e. The lowest BCUT2D eigenvalue weighted by atomic mass is 10.3. The van der Waals surface area contributed by atoms with Crippen LogP contribution in [0.2, 0.25) is 15.1 Å². The van der Waals surface area contributed by atoms with Gasteiger partial charge in [-0.2, -0.15) is 0 Å². The molecule has 0 atom stereocenters. The lowest BCUT2D eigenvalue weighted by Crippen LogP contribution is -2.14. The highest BCUT2D eigenvalue weighted by molar-refractivity contribution is 7.92. The number of hydrogen-bond donors (Lipinski definition) is 1. The summed E-state index contributed by atoms with van der Waals surface area (Å²) in [7, 11) is -2.55. The topological polar surface area (TPSA) is 55.4 Å². The van der Waals surface area contributed by atoms with Crippen LogP contribution in [0.25, 0.3) is 0 Å². The van der Waals surface area contributed by atoms with Crippen LogP contribution >= 0.6 is 34.8 Å². The standard InChI is InChI=1S/C13H10Cl3NO3S/c1-20-11-6-5-8(14)7-12(11)21(18,19)17-10-4-2-3-9(15)13(10)16/h2-7,17H,1H3. The van der Waals surface area contributed by atoms with Gasteiger partial charge >= 0.3 is 0 Å². The van der Waals surface area contributed by atoms with E-state index in [1.165, 1.54) is 31.4 Å². The third-order valence-corrected chi connectivity index (χ3v) is 5.05. The number of anilines is 1. The first-order chi connectivity index (χ1) is 9.85. The van der Waals surface area contributed by atoms with Crippen molar-refractivity contribution in [1.29, 1.82) is 0 Å². The van der Waals surface area contributed by atoms with E-state index in [9.17, 15) is 8.42 Å². The molecular formula is C13H10Cl3NO3S. The van der Waals surface area contributed by atoms with Crippen LogP contribution in [-0.4, -0.2) is 15.5 Å². The first-order valence-corrected chi connectivity index (χ1v) is 8.27. The van der Waals surface area contributed by atoms with Crippen molar-refractivity contribution in [1.82, 2.24) is 0 Å². The molecule has 8 heteroatoms. The molecule has 0 bridgehead atoms. The second kappa shape index (κ2) is 6.32. The van der Waals surface area contributed by atoms with Crippen LogP contribution in [0.5, 0.6) is 5.75 Å². The van der Waals surface area contributed by atoms with Crippen molar-refractivity contribution in [2.24, 2.45) is 0 Å². The second-order valence-corrected chi connectivity index (χ2v) is 6.87. The number of halogens is 3. The van der Waals surface area contributed by atoms with E-state index in [1.54, 1.807) is 12.1 Å². The molecule has 0 heterocycles. The molecule has 2 aromatic rings. The highest BCUT2D eigenvalue weighted by atomic mass is 35.5. The Morgan fingerprint density at radius 2 is 1.81 bits per heavy atom. The molecule has 0 saturated carbocycles. The van der Waals surface area contributed by atoms with Gasteiger partial charge in [0.1, 0.15) is 10.6 Å². The third kappa shape index (κ3) is 3.55. The largest absolute Gasteiger partial charge is 0.495 e. The van der Waals surface area contributed by atoms with Gasteiger partial charge < -0.3 is 4.74 Å². The first-order valence-electron chi connectivity index (χ1n) is 5.65. The monoisotopic (exact) mass is 365 g/mol. The molecule has 0 fully saturated rings. The van der Waals surface area contributed by atoms with Crippen molar-refractivity contribution in [3.05, 3.63) is 51.5 Å². The predicted molar refractivity (Wildman–Crippen MR) is 85.3 cm³/mol. The number of ether oxygens (including phenoxy) is 1. The fourth-order valence-electron chi connectivity index (χ4n) is 1.64. The zero-order valence-electron chi connectivity index (χ0n) is 10.7. The first kappa shape index (κ1) is 16.2. The van der Waals surface area contributed by atoms with Crippen molar-refractivity contribution >= 4 is 50.5 Å². The fraction of sp³-hybridized carbons (Fsp3) is 0.0769. The normalized spacial score (nSPS) is 11.2. The number of sulfonamides is 1. The molecular weight excluding hydrogens is 357 g/mol. The summed E-state index contributed by atoms with van der Waals surface area (Å²) in [5.41, 5.74) is 0.172. The molecule has 1 N–H and O–H groups in total. The summed E-state index contributed by atoms with van der Waals surface area (Å²) in [4.78, 5) is -0.0893. The molecule has 0 aliphatic heterocycles. The number of hydrogen-bond acceptors (Lipinski definition) is 3. The Balaban J connectivity index is 2.48. The summed E-state index contributed by atoms with van der Waals surface area (Å²) in [6.45, 7) is 0. The Kier molecular flexibility index (Phi) is 4.88. The molecule has 2 rings (SSSR count). The van der Waals surface area contributed by atoms with Crippen molar-refractivity contribution in [2.75, 3.05) is 11.8 Å². The summed E-state index contributed by atoms with van der Waals surface area (Å²) in [5, 5.41) is 0.632. The molecule has 0 radical (unpaired) electrons. The summed E-state index contributed by atoms with van der Waals surface area (Å²) in [6, 6.07) is 8.94. The second-order valence-electron chi connectivity index (χ2n) is 4.00. The predicted octanol–water partition coefficient (Wildman–Crippen LogP) is 4.46. The van der Waals surface area contributed by atoms with Crippen molar-refractivity contribution in [2.45, 2.75) is 4.90 Å². The van der Waals surface area contributed by atoms with Crippen molar-refractivity contribution in [3.63, 3.8) is 0 Å². The average Bonchev–Trinajstić information content (AvgIpc) is 2.44. The van der Waals surface area contributed by atoms with Gasteiger partial charge in [-0.1, -0.05) is 40.9 Å². The highest BCUT2D eigenvalue weighted by Gasteiger charge is 2.21. The van der Waals surface area contributed by atoms with Crippen LogP contribution in [0, 0.1) is 0 Å². The molecule has 0 unspecified atom stereocenters. The van der Waals surface area contributed by atoms with Crippen LogP contribution < -0.4 is 9.46 Å². The van der Waals surface area contributed by atoms with E-state index in [0.29, 0.717) is 0 Å².